The molecular formula is C12H12F2N2. The Balaban J connectivity index is 2.36. The molecule has 4 heteroatoms. The Morgan fingerprint density at radius 2 is 2.12 bits per heavy atom. The zero-order chi connectivity index (χ0) is 11.3. The van der Waals surface area contributed by atoms with Crippen LogP contribution in [-0.4, -0.2) is 4.98 Å². The number of fused-ring (bicyclic) bond motifs is 3. The van der Waals surface area contributed by atoms with E-state index in [1.54, 1.807) is 0 Å². The van der Waals surface area contributed by atoms with Gasteiger partial charge in [0, 0.05) is 23.2 Å². The van der Waals surface area contributed by atoms with Crippen LogP contribution in [0.5, 0.6) is 0 Å². The average molecular weight is 222 g/mol. The maximum absolute atomic E-state index is 13.5. The maximum atomic E-state index is 13.5. The zero-order valence-corrected chi connectivity index (χ0v) is 8.69. The molecule has 2 nitrogen and oxygen atoms in total. The highest BCUT2D eigenvalue weighted by atomic mass is 19.1. The first-order chi connectivity index (χ1) is 7.66. The van der Waals surface area contributed by atoms with E-state index in [1.165, 1.54) is 6.07 Å². The molecule has 84 valence electrons. The van der Waals surface area contributed by atoms with Crippen molar-refractivity contribution in [1.29, 1.82) is 0 Å². The van der Waals surface area contributed by atoms with Crippen LogP contribution in [0.15, 0.2) is 12.1 Å². The second kappa shape index (κ2) is 3.28. The minimum Gasteiger partial charge on any atom is -0.354 e. The van der Waals surface area contributed by atoms with Gasteiger partial charge in [0.25, 0.3) is 0 Å². The number of H-pyrrole nitrogens is 1. The van der Waals surface area contributed by atoms with E-state index in [1.807, 2.05) is 0 Å². The van der Waals surface area contributed by atoms with Gasteiger partial charge in [0.15, 0.2) is 0 Å². The standard InChI is InChI=1S/C12H12F2N2/c13-6-4-8-7-2-1-3-10(15)12(7)16-11(8)9(14)5-6/h4-5,10,16H,1-3,15H2. The van der Waals surface area contributed by atoms with Crippen LogP contribution in [0.4, 0.5) is 8.78 Å². The molecule has 1 unspecified atom stereocenters. The van der Waals surface area contributed by atoms with Crippen molar-refractivity contribution in [3.63, 3.8) is 0 Å². The molecular weight excluding hydrogens is 210 g/mol. The molecule has 1 aromatic heterocycles. The summed E-state index contributed by atoms with van der Waals surface area (Å²) in [5, 5.41) is 0.641. The Morgan fingerprint density at radius 1 is 1.31 bits per heavy atom. The monoisotopic (exact) mass is 222 g/mol. The Labute approximate surface area is 91.4 Å². The fraction of sp³-hybridized carbons (Fsp3) is 0.333. The second-order valence-electron chi connectivity index (χ2n) is 4.33. The Bertz CT molecular complexity index is 560. The van der Waals surface area contributed by atoms with E-state index >= 15 is 0 Å². The van der Waals surface area contributed by atoms with Gasteiger partial charge in [-0.15, -0.1) is 0 Å². The van der Waals surface area contributed by atoms with Gasteiger partial charge in [-0.1, -0.05) is 0 Å². The van der Waals surface area contributed by atoms with Gasteiger partial charge in [-0.2, -0.15) is 0 Å². The summed E-state index contributed by atoms with van der Waals surface area (Å²) in [6, 6.07) is 2.19. The van der Waals surface area contributed by atoms with E-state index in [2.05, 4.69) is 4.98 Å². The molecule has 1 aliphatic rings. The van der Waals surface area contributed by atoms with Crippen molar-refractivity contribution >= 4 is 10.9 Å². The van der Waals surface area contributed by atoms with Crippen molar-refractivity contribution in [3.8, 4) is 0 Å². The molecule has 16 heavy (non-hydrogen) atoms. The summed E-state index contributed by atoms with van der Waals surface area (Å²) in [6.07, 6.45) is 2.70. The topological polar surface area (TPSA) is 41.8 Å². The van der Waals surface area contributed by atoms with Gasteiger partial charge in [-0.3, -0.25) is 0 Å². The van der Waals surface area contributed by atoms with Crippen molar-refractivity contribution in [3.05, 3.63) is 35.0 Å². The Hall–Kier alpha value is -1.42. The molecule has 0 spiro atoms. The lowest BCUT2D eigenvalue weighted by molar-refractivity contribution is 0.562. The van der Waals surface area contributed by atoms with Crippen LogP contribution >= 0.6 is 0 Å². The first kappa shape index (κ1) is 9.78. The Kier molecular flexibility index (Phi) is 2.01. The minimum absolute atomic E-state index is 0.0846. The summed E-state index contributed by atoms with van der Waals surface area (Å²) in [6.45, 7) is 0. The third kappa shape index (κ3) is 1.26. The number of hydrogen-bond donors (Lipinski definition) is 2. The largest absolute Gasteiger partial charge is 0.354 e. The highest BCUT2D eigenvalue weighted by molar-refractivity contribution is 5.85. The van der Waals surface area contributed by atoms with Crippen molar-refractivity contribution in [2.24, 2.45) is 5.73 Å². The summed E-state index contributed by atoms with van der Waals surface area (Å²) in [4.78, 5) is 2.99. The smallest absolute Gasteiger partial charge is 0.150 e. The van der Waals surface area contributed by atoms with E-state index in [9.17, 15) is 8.78 Å². The van der Waals surface area contributed by atoms with Gasteiger partial charge in [-0.25, -0.2) is 8.78 Å². The molecule has 0 bridgehead atoms. The number of aromatic amines is 1. The lowest BCUT2D eigenvalue weighted by Gasteiger charge is -2.18. The Morgan fingerprint density at radius 3 is 2.94 bits per heavy atom. The fourth-order valence-electron chi connectivity index (χ4n) is 2.52. The average Bonchev–Trinajstić information content (AvgIpc) is 2.59. The van der Waals surface area contributed by atoms with Crippen LogP contribution in [0.25, 0.3) is 10.9 Å². The minimum atomic E-state index is -0.545. The molecule has 0 saturated carbocycles. The van der Waals surface area contributed by atoms with Crippen LogP contribution in [0.1, 0.15) is 30.1 Å². The summed E-state index contributed by atoms with van der Waals surface area (Å²) < 4.78 is 26.7. The van der Waals surface area contributed by atoms with Crippen LogP contribution in [-0.2, 0) is 6.42 Å². The van der Waals surface area contributed by atoms with Crippen LogP contribution in [0, 0.1) is 11.6 Å². The van der Waals surface area contributed by atoms with E-state index in [-0.39, 0.29) is 6.04 Å². The molecule has 1 atom stereocenters. The van der Waals surface area contributed by atoms with Crippen LogP contribution in [0.2, 0.25) is 0 Å². The number of rotatable bonds is 0. The van der Waals surface area contributed by atoms with E-state index < -0.39 is 11.6 Å². The normalized spacial score (nSPS) is 20.1. The highest BCUT2D eigenvalue weighted by Crippen LogP contribution is 2.34. The molecule has 2 aromatic rings. The molecule has 1 heterocycles. The summed E-state index contributed by atoms with van der Waals surface area (Å²) in [5.41, 5.74) is 8.17. The summed E-state index contributed by atoms with van der Waals surface area (Å²) in [7, 11) is 0. The highest BCUT2D eigenvalue weighted by Gasteiger charge is 2.23. The van der Waals surface area contributed by atoms with Crippen LogP contribution < -0.4 is 5.73 Å². The predicted octanol–water partition coefficient (Wildman–Crippen LogP) is 2.78. The second-order valence-corrected chi connectivity index (χ2v) is 4.33. The van der Waals surface area contributed by atoms with E-state index in [0.717, 1.165) is 36.6 Å². The number of aryl methyl sites for hydroxylation is 1. The molecule has 3 rings (SSSR count). The van der Waals surface area contributed by atoms with Crippen molar-refractivity contribution in [1.82, 2.24) is 4.98 Å². The number of aromatic nitrogens is 1. The van der Waals surface area contributed by atoms with Crippen molar-refractivity contribution < 1.29 is 8.78 Å². The van der Waals surface area contributed by atoms with Crippen LogP contribution in [0.3, 0.4) is 0 Å². The van der Waals surface area contributed by atoms with Gasteiger partial charge in [0.05, 0.1) is 5.52 Å². The quantitative estimate of drug-likeness (QED) is 0.707. The molecule has 0 saturated heterocycles. The number of hydrogen-bond acceptors (Lipinski definition) is 1. The first-order valence-corrected chi connectivity index (χ1v) is 5.42. The summed E-state index contributed by atoms with van der Waals surface area (Å²) in [5.74, 6) is -1.08. The lowest BCUT2D eigenvalue weighted by atomic mass is 9.92. The predicted molar refractivity (Wildman–Crippen MR) is 58.1 cm³/mol. The fourth-order valence-corrected chi connectivity index (χ4v) is 2.52. The van der Waals surface area contributed by atoms with E-state index in [0.29, 0.717) is 10.9 Å². The molecule has 1 aromatic carbocycles. The molecule has 1 aliphatic carbocycles. The SMILES string of the molecule is NC1CCCc2c1[nH]c1c(F)cc(F)cc21. The number of benzene rings is 1. The number of nitrogens with one attached hydrogen (secondary N) is 1. The molecule has 0 aliphatic heterocycles. The van der Waals surface area contributed by atoms with Gasteiger partial charge in [0.1, 0.15) is 11.6 Å². The third-order valence-corrected chi connectivity index (χ3v) is 3.28. The third-order valence-electron chi connectivity index (χ3n) is 3.28. The first-order valence-electron chi connectivity index (χ1n) is 5.42. The van der Waals surface area contributed by atoms with Gasteiger partial charge < -0.3 is 10.7 Å². The molecule has 3 N–H and O–H groups in total. The molecule has 0 radical (unpaired) electrons. The van der Waals surface area contributed by atoms with Crippen molar-refractivity contribution in [2.75, 3.05) is 0 Å². The van der Waals surface area contributed by atoms with E-state index in [4.69, 9.17) is 5.73 Å². The zero-order valence-electron chi connectivity index (χ0n) is 8.69. The van der Waals surface area contributed by atoms with Gasteiger partial charge in [0.2, 0.25) is 0 Å². The number of halogens is 2. The molecule has 0 fully saturated rings. The van der Waals surface area contributed by atoms with Gasteiger partial charge >= 0.3 is 0 Å². The maximum Gasteiger partial charge on any atom is 0.150 e. The van der Waals surface area contributed by atoms with Crippen molar-refractivity contribution in [2.45, 2.75) is 25.3 Å². The lowest BCUT2D eigenvalue weighted by Crippen LogP contribution is -2.16. The molecule has 0 amide bonds. The van der Waals surface area contributed by atoms with Gasteiger partial charge in [-0.05, 0) is 30.9 Å². The number of nitrogens with two attached hydrogens (primary N) is 1. The summed E-state index contributed by atoms with van der Waals surface area (Å²) >= 11 is 0.